The van der Waals surface area contributed by atoms with Gasteiger partial charge in [0.25, 0.3) is 0 Å². The van der Waals surface area contributed by atoms with E-state index in [2.05, 4.69) is 11.1 Å². The number of nitrogens with zero attached hydrogens (tertiary/aromatic N) is 3. The highest BCUT2D eigenvalue weighted by molar-refractivity contribution is 5.69. The van der Waals surface area contributed by atoms with Crippen molar-refractivity contribution in [2.24, 2.45) is 0 Å². The van der Waals surface area contributed by atoms with Gasteiger partial charge in [-0.05, 0) is 24.5 Å². The molecule has 1 fully saturated rings. The minimum absolute atomic E-state index is 0.0272. The van der Waals surface area contributed by atoms with Crippen LogP contribution in [-0.4, -0.2) is 36.6 Å². The first-order chi connectivity index (χ1) is 11.7. The van der Waals surface area contributed by atoms with E-state index in [-0.39, 0.29) is 12.1 Å². The van der Waals surface area contributed by atoms with E-state index in [1.807, 2.05) is 60.3 Å². The highest BCUT2D eigenvalue weighted by atomic mass is 16.6. The van der Waals surface area contributed by atoms with Crippen LogP contribution < -0.4 is 4.90 Å². The van der Waals surface area contributed by atoms with Crippen LogP contribution in [0.25, 0.3) is 0 Å². The standard InChI is InChI=1S/C19H23N3O2/c1-21(2)18-16(10-6-12-20-18)17-11-7-13-22(17)19(23)24-14-15-8-4-3-5-9-15/h3-6,8-10,12,17H,7,11,13-14H2,1-2H3/t17-/m1/s1. The molecule has 0 bridgehead atoms. The minimum Gasteiger partial charge on any atom is -0.445 e. The molecule has 2 aromatic rings. The fraction of sp³-hybridized carbons (Fsp3) is 0.368. The van der Waals surface area contributed by atoms with Crippen LogP contribution in [0, 0.1) is 0 Å². The van der Waals surface area contributed by atoms with Gasteiger partial charge in [0.2, 0.25) is 0 Å². The Bertz CT molecular complexity index is 688. The summed E-state index contributed by atoms with van der Waals surface area (Å²) < 4.78 is 5.52. The summed E-state index contributed by atoms with van der Waals surface area (Å²) in [6.07, 6.45) is 3.45. The molecule has 5 nitrogen and oxygen atoms in total. The molecule has 0 unspecified atom stereocenters. The molecule has 1 aliphatic heterocycles. The third kappa shape index (κ3) is 3.50. The predicted octanol–water partition coefficient (Wildman–Crippen LogP) is 3.62. The van der Waals surface area contributed by atoms with Gasteiger partial charge in [-0.1, -0.05) is 36.4 Å². The topological polar surface area (TPSA) is 45.7 Å². The summed E-state index contributed by atoms with van der Waals surface area (Å²) in [6.45, 7) is 1.02. The monoisotopic (exact) mass is 325 g/mol. The third-order valence-corrected chi connectivity index (χ3v) is 4.29. The lowest BCUT2D eigenvalue weighted by atomic mass is 10.1. The SMILES string of the molecule is CN(C)c1ncccc1[C@H]1CCCN1C(=O)OCc1ccccc1. The molecule has 1 aromatic carbocycles. The van der Waals surface area contributed by atoms with Crippen molar-refractivity contribution in [1.82, 2.24) is 9.88 Å². The fourth-order valence-corrected chi connectivity index (χ4v) is 3.15. The second-order valence-electron chi connectivity index (χ2n) is 6.20. The van der Waals surface area contributed by atoms with E-state index in [0.29, 0.717) is 6.61 Å². The first kappa shape index (κ1) is 16.3. The Morgan fingerprint density at radius 2 is 2.04 bits per heavy atom. The number of carbonyl (C=O) groups excluding carboxylic acids is 1. The van der Waals surface area contributed by atoms with E-state index < -0.39 is 0 Å². The Hall–Kier alpha value is -2.56. The minimum atomic E-state index is -0.255. The van der Waals surface area contributed by atoms with Gasteiger partial charge in [-0.25, -0.2) is 9.78 Å². The highest BCUT2D eigenvalue weighted by Gasteiger charge is 2.33. The molecule has 0 spiro atoms. The third-order valence-electron chi connectivity index (χ3n) is 4.29. The number of pyridine rings is 1. The van der Waals surface area contributed by atoms with Crippen LogP contribution in [0.15, 0.2) is 48.7 Å². The van der Waals surface area contributed by atoms with Crippen molar-refractivity contribution in [3.63, 3.8) is 0 Å². The molecular formula is C19H23N3O2. The summed E-state index contributed by atoms with van der Waals surface area (Å²) in [4.78, 5) is 20.8. The summed E-state index contributed by atoms with van der Waals surface area (Å²) in [5, 5.41) is 0. The molecule has 24 heavy (non-hydrogen) atoms. The molecular weight excluding hydrogens is 302 g/mol. The van der Waals surface area contributed by atoms with Crippen LogP contribution >= 0.6 is 0 Å². The zero-order chi connectivity index (χ0) is 16.9. The van der Waals surface area contributed by atoms with Crippen molar-refractivity contribution in [3.8, 4) is 0 Å². The van der Waals surface area contributed by atoms with Crippen molar-refractivity contribution < 1.29 is 9.53 Å². The maximum Gasteiger partial charge on any atom is 0.410 e. The van der Waals surface area contributed by atoms with Crippen molar-refractivity contribution >= 4 is 11.9 Å². The number of likely N-dealkylation sites (tertiary alicyclic amines) is 1. The van der Waals surface area contributed by atoms with Crippen LogP contribution in [0.5, 0.6) is 0 Å². The smallest absolute Gasteiger partial charge is 0.410 e. The van der Waals surface area contributed by atoms with Gasteiger partial charge in [-0.2, -0.15) is 0 Å². The Balaban J connectivity index is 1.72. The molecule has 1 atom stereocenters. The summed E-state index contributed by atoms with van der Waals surface area (Å²) in [6, 6.07) is 13.8. The van der Waals surface area contributed by atoms with E-state index in [1.165, 1.54) is 0 Å². The zero-order valence-corrected chi connectivity index (χ0v) is 14.2. The first-order valence-electron chi connectivity index (χ1n) is 8.26. The summed E-state index contributed by atoms with van der Waals surface area (Å²) in [5.74, 6) is 0.908. The van der Waals surface area contributed by atoms with Crippen LogP contribution in [0.4, 0.5) is 10.6 Å². The van der Waals surface area contributed by atoms with Gasteiger partial charge in [0.15, 0.2) is 0 Å². The molecule has 0 radical (unpaired) electrons. The van der Waals surface area contributed by atoms with Crippen molar-refractivity contribution in [2.45, 2.75) is 25.5 Å². The Kier molecular flexibility index (Phi) is 4.99. The predicted molar refractivity (Wildman–Crippen MR) is 93.9 cm³/mol. The molecule has 0 saturated carbocycles. The molecule has 3 rings (SSSR count). The largest absolute Gasteiger partial charge is 0.445 e. The molecule has 126 valence electrons. The van der Waals surface area contributed by atoms with E-state index in [0.717, 1.165) is 36.3 Å². The Morgan fingerprint density at radius 1 is 1.25 bits per heavy atom. The Morgan fingerprint density at radius 3 is 2.79 bits per heavy atom. The lowest BCUT2D eigenvalue weighted by Crippen LogP contribution is -2.32. The lowest BCUT2D eigenvalue weighted by Gasteiger charge is -2.27. The van der Waals surface area contributed by atoms with E-state index in [9.17, 15) is 4.79 Å². The van der Waals surface area contributed by atoms with Gasteiger partial charge in [0.1, 0.15) is 12.4 Å². The van der Waals surface area contributed by atoms with Crippen LogP contribution in [0.1, 0.15) is 30.0 Å². The van der Waals surface area contributed by atoms with Crippen LogP contribution in [0.3, 0.4) is 0 Å². The van der Waals surface area contributed by atoms with Crippen molar-refractivity contribution in [2.75, 3.05) is 25.5 Å². The Labute approximate surface area is 142 Å². The van der Waals surface area contributed by atoms with Crippen molar-refractivity contribution in [1.29, 1.82) is 0 Å². The number of ether oxygens (including phenoxy) is 1. The molecule has 5 heteroatoms. The summed E-state index contributed by atoms with van der Waals surface area (Å²) >= 11 is 0. The van der Waals surface area contributed by atoms with E-state index >= 15 is 0 Å². The second kappa shape index (κ2) is 7.34. The molecule has 0 aliphatic carbocycles. The number of carbonyl (C=O) groups is 1. The zero-order valence-electron chi connectivity index (χ0n) is 14.2. The van der Waals surface area contributed by atoms with Gasteiger partial charge >= 0.3 is 6.09 Å². The number of anilines is 1. The molecule has 1 saturated heterocycles. The summed E-state index contributed by atoms with van der Waals surface area (Å²) in [7, 11) is 3.94. The number of benzene rings is 1. The van der Waals surface area contributed by atoms with Crippen LogP contribution in [-0.2, 0) is 11.3 Å². The number of rotatable bonds is 4. The van der Waals surface area contributed by atoms with Gasteiger partial charge in [0.05, 0.1) is 6.04 Å². The molecule has 1 aromatic heterocycles. The molecule has 0 N–H and O–H groups in total. The van der Waals surface area contributed by atoms with E-state index in [4.69, 9.17) is 4.74 Å². The van der Waals surface area contributed by atoms with E-state index in [1.54, 1.807) is 6.20 Å². The quantitative estimate of drug-likeness (QED) is 0.861. The van der Waals surface area contributed by atoms with Crippen molar-refractivity contribution in [3.05, 3.63) is 59.8 Å². The van der Waals surface area contributed by atoms with Gasteiger partial charge < -0.3 is 14.5 Å². The van der Waals surface area contributed by atoms with Gasteiger partial charge in [0, 0.05) is 32.4 Å². The normalized spacial score (nSPS) is 16.9. The maximum atomic E-state index is 12.6. The number of amides is 1. The summed E-state index contributed by atoms with van der Waals surface area (Å²) in [5.41, 5.74) is 2.08. The highest BCUT2D eigenvalue weighted by Crippen LogP contribution is 2.36. The lowest BCUT2D eigenvalue weighted by molar-refractivity contribution is 0.0921. The molecule has 2 heterocycles. The number of aromatic nitrogens is 1. The number of hydrogen-bond donors (Lipinski definition) is 0. The average Bonchev–Trinajstić information content (AvgIpc) is 3.10. The first-order valence-corrected chi connectivity index (χ1v) is 8.26. The number of hydrogen-bond acceptors (Lipinski definition) is 4. The van der Waals surface area contributed by atoms with Gasteiger partial charge in [-0.15, -0.1) is 0 Å². The second-order valence-corrected chi connectivity index (χ2v) is 6.20. The van der Waals surface area contributed by atoms with Gasteiger partial charge in [-0.3, -0.25) is 0 Å². The maximum absolute atomic E-state index is 12.6. The fourth-order valence-electron chi connectivity index (χ4n) is 3.15. The molecule has 1 aliphatic rings. The van der Waals surface area contributed by atoms with Crippen LogP contribution in [0.2, 0.25) is 0 Å². The average molecular weight is 325 g/mol. The molecule has 1 amide bonds.